The van der Waals surface area contributed by atoms with Crippen LogP contribution in [0.4, 0.5) is 0 Å². The first kappa shape index (κ1) is 10.7. The first-order chi connectivity index (χ1) is 7.22. The van der Waals surface area contributed by atoms with Gasteiger partial charge in [0.15, 0.2) is 0 Å². The van der Waals surface area contributed by atoms with Crippen LogP contribution in [0, 0.1) is 5.92 Å². The molecule has 1 aliphatic rings. The molecule has 0 amide bonds. The molecule has 0 aromatic carbocycles. The first-order valence-corrected chi connectivity index (χ1v) is 5.95. The highest BCUT2D eigenvalue weighted by atomic mass is 15.3. The fourth-order valence-electron chi connectivity index (χ4n) is 2.74. The van der Waals surface area contributed by atoms with E-state index in [9.17, 15) is 0 Å². The lowest BCUT2D eigenvalue weighted by atomic mass is 9.76. The number of nitrogens with zero attached hydrogens (tertiary/aromatic N) is 2. The van der Waals surface area contributed by atoms with Gasteiger partial charge in [-0.15, -0.1) is 0 Å². The average Bonchev–Trinajstić information content (AvgIpc) is 2.65. The van der Waals surface area contributed by atoms with Crippen LogP contribution in [0.2, 0.25) is 0 Å². The molecular weight excluding hydrogens is 186 g/mol. The van der Waals surface area contributed by atoms with Crippen molar-refractivity contribution in [3.8, 4) is 0 Å². The number of hydrogen-bond donors (Lipinski definition) is 1. The normalized spacial score (nSPS) is 31.8. The summed E-state index contributed by atoms with van der Waals surface area (Å²) in [6, 6.07) is 2.44. The Morgan fingerprint density at radius 1 is 1.53 bits per heavy atom. The molecule has 1 heterocycles. The third-order valence-corrected chi connectivity index (χ3v) is 3.83. The maximum absolute atomic E-state index is 6.21. The Hall–Kier alpha value is -0.830. The zero-order chi connectivity index (χ0) is 10.8. The molecule has 1 aromatic heterocycles. The summed E-state index contributed by atoms with van der Waals surface area (Å²) >= 11 is 0. The molecule has 0 bridgehead atoms. The SMILES string of the molecule is CCC1CCC(N)C(c2ccnn2C)C1. The van der Waals surface area contributed by atoms with E-state index in [2.05, 4.69) is 18.1 Å². The summed E-state index contributed by atoms with van der Waals surface area (Å²) in [5.74, 6) is 1.36. The van der Waals surface area contributed by atoms with E-state index in [0.29, 0.717) is 12.0 Å². The molecule has 3 atom stereocenters. The van der Waals surface area contributed by atoms with E-state index in [1.807, 2.05) is 17.9 Å². The van der Waals surface area contributed by atoms with Crippen molar-refractivity contribution in [1.29, 1.82) is 0 Å². The van der Waals surface area contributed by atoms with Gasteiger partial charge in [0.05, 0.1) is 0 Å². The van der Waals surface area contributed by atoms with Gasteiger partial charge in [-0.3, -0.25) is 4.68 Å². The van der Waals surface area contributed by atoms with Gasteiger partial charge in [-0.2, -0.15) is 5.10 Å². The number of aryl methyl sites for hydroxylation is 1. The van der Waals surface area contributed by atoms with Crippen LogP contribution in [-0.4, -0.2) is 15.8 Å². The highest BCUT2D eigenvalue weighted by Gasteiger charge is 2.29. The molecule has 3 nitrogen and oxygen atoms in total. The second-order valence-electron chi connectivity index (χ2n) is 4.74. The van der Waals surface area contributed by atoms with Gasteiger partial charge < -0.3 is 5.73 Å². The summed E-state index contributed by atoms with van der Waals surface area (Å²) < 4.78 is 1.97. The summed E-state index contributed by atoms with van der Waals surface area (Å²) in [5.41, 5.74) is 7.52. The second kappa shape index (κ2) is 4.35. The number of hydrogen-bond acceptors (Lipinski definition) is 2. The van der Waals surface area contributed by atoms with Crippen molar-refractivity contribution in [2.75, 3.05) is 0 Å². The van der Waals surface area contributed by atoms with Crippen molar-refractivity contribution in [3.05, 3.63) is 18.0 Å². The Kier molecular flexibility index (Phi) is 3.10. The van der Waals surface area contributed by atoms with Crippen LogP contribution in [0.1, 0.15) is 44.2 Å². The second-order valence-corrected chi connectivity index (χ2v) is 4.74. The Bertz CT molecular complexity index is 318. The van der Waals surface area contributed by atoms with E-state index in [0.717, 1.165) is 12.3 Å². The first-order valence-electron chi connectivity index (χ1n) is 5.95. The van der Waals surface area contributed by atoms with Gasteiger partial charge >= 0.3 is 0 Å². The Morgan fingerprint density at radius 3 is 2.93 bits per heavy atom. The van der Waals surface area contributed by atoms with Gasteiger partial charge in [0.2, 0.25) is 0 Å². The molecule has 2 rings (SSSR count). The van der Waals surface area contributed by atoms with Crippen LogP contribution >= 0.6 is 0 Å². The monoisotopic (exact) mass is 207 g/mol. The average molecular weight is 207 g/mol. The largest absolute Gasteiger partial charge is 0.327 e. The van der Waals surface area contributed by atoms with Crippen LogP contribution in [0.5, 0.6) is 0 Å². The highest BCUT2D eigenvalue weighted by Crippen LogP contribution is 2.36. The van der Waals surface area contributed by atoms with Gasteiger partial charge in [-0.25, -0.2) is 0 Å². The zero-order valence-corrected chi connectivity index (χ0v) is 9.69. The minimum Gasteiger partial charge on any atom is -0.327 e. The van der Waals surface area contributed by atoms with Crippen molar-refractivity contribution in [1.82, 2.24) is 9.78 Å². The van der Waals surface area contributed by atoms with Gasteiger partial charge in [-0.05, 0) is 31.2 Å². The van der Waals surface area contributed by atoms with Crippen LogP contribution in [0.25, 0.3) is 0 Å². The van der Waals surface area contributed by atoms with E-state index in [4.69, 9.17) is 5.73 Å². The summed E-state index contributed by atoms with van der Waals surface area (Å²) in [7, 11) is 2.01. The third-order valence-electron chi connectivity index (χ3n) is 3.83. The molecule has 0 spiro atoms. The molecule has 84 valence electrons. The van der Waals surface area contributed by atoms with Gasteiger partial charge in [0.25, 0.3) is 0 Å². The summed E-state index contributed by atoms with van der Waals surface area (Å²) in [4.78, 5) is 0. The van der Waals surface area contributed by atoms with Crippen molar-refractivity contribution in [2.45, 2.75) is 44.6 Å². The van der Waals surface area contributed by atoms with Crippen molar-refractivity contribution in [3.63, 3.8) is 0 Å². The molecule has 0 radical (unpaired) electrons. The summed E-state index contributed by atoms with van der Waals surface area (Å²) in [6.45, 7) is 2.28. The molecule has 1 aromatic rings. The molecule has 15 heavy (non-hydrogen) atoms. The number of rotatable bonds is 2. The Labute approximate surface area is 91.7 Å². The molecular formula is C12H21N3. The number of aromatic nitrogens is 2. The summed E-state index contributed by atoms with van der Waals surface area (Å²) in [6.07, 6.45) is 6.84. The maximum atomic E-state index is 6.21. The zero-order valence-electron chi connectivity index (χ0n) is 9.69. The molecule has 3 unspecified atom stereocenters. The van der Waals surface area contributed by atoms with E-state index < -0.39 is 0 Å². The number of nitrogens with two attached hydrogens (primary N) is 1. The van der Waals surface area contributed by atoms with E-state index >= 15 is 0 Å². The van der Waals surface area contributed by atoms with Crippen LogP contribution < -0.4 is 5.73 Å². The van der Waals surface area contributed by atoms with E-state index in [1.165, 1.54) is 25.0 Å². The Balaban J connectivity index is 2.16. The van der Waals surface area contributed by atoms with Crippen LogP contribution in [0.15, 0.2) is 12.3 Å². The Morgan fingerprint density at radius 2 is 2.33 bits per heavy atom. The fourth-order valence-corrected chi connectivity index (χ4v) is 2.74. The quantitative estimate of drug-likeness (QED) is 0.806. The molecule has 2 N–H and O–H groups in total. The van der Waals surface area contributed by atoms with Crippen molar-refractivity contribution in [2.24, 2.45) is 18.7 Å². The smallest absolute Gasteiger partial charge is 0.0492 e. The predicted octanol–water partition coefficient (Wildman–Crippen LogP) is 2.04. The molecule has 1 fully saturated rings. The molecule has 3 heteroatoms. The molecule has 0 saturated heterocycles. The lowest BCUT2D eigenvalue weighted by molar-refractivity contribution is 0.275. The fraction of sp³-hybridized carbons (Fsp3) is 0.750. The van der Waals surface area contributed by atoms with Gasteiger partial charge in [0.1, 0.15) is 0 Å². The van der Waals surface area contributed by atoms with Crippen molar-refractivity contribution >= 4 is 0 Å². The van der Waals surface area contributed by atoms with E-state index in [1.54, 1.807) is 0 Å². The van der Waals surface area contributed by atoms with E-state index in [-0.39, 0.29) is 0 Å². The highest BCUT2D eigenvalue weighted by molar-refractivity contribution is 5.12. The predicted molar refractivity (Wildman–Crippen MR) is 61.6 cm³/mol. The molecule has 1 saturated carbocycles. The lowest BCUT2D eigenvalue weighted by Crippen LogP contribution is -2.35. The molecule has 1 aliphatic carbocycles. The standard InChI is InChI=1S/C12H21N3/c1-3-9-4-5-11(13)10(8-9)12-6-7-14-15(12)2/h6-7,9-11H,3-5,8,13H2,1-2H3. The lowest BCUT2D eigenvalue weighted by Gasteiger charge is -2.33. The summed E-state index contributed by atoms with van der Waals surface area (Å²) in [5, 5.41) is 4.24. The third kappa shape index (κ3) is 2.07. The van der Waals surface area contributed by atoms with Crippen LogP contribution in [-0.2, 0) is 7.05 Å². The van der Waals surface area contributed by atoms with Gasteiger partial charge in [-0.1, -0.05) is 13.3 Å². The topological polar surface area (TPSA) is 43.8 Å². The van der Waals surface area contributed by atoms with Crippen LogP contribution in [0.3, 0.4) is 0 Å². The van der Waals surface area contributed by atoms with Gasteiger partial charge in [0, 0.05) is 30.9 Å². The van der Waals surface area contributed by atoms with Crippen molar-refractivity contribution < 1.29 is 0 Å². The molecule has 0 aliphatic heterocycles. The minimum absolute atomic E-state index is 0.322. The maximum Gasteiger partial charge on any atom is 0.0492 e. The minimum atomic E-state index is 0.322.